The lowest BCUT2D eigenvalue weighted by atomic mass is 10.2. The quantitative estimate of drug-likeness (QED) is 0.696. The molecular formula is C12H15BrN2O4. The van der Waals surface area contributed by atoms with Crippen molar-refractivity contribution in [3.05, 3.63) is 28.2 Å². The van der Waals surface area contributed by atoms with Crippen LogP contribution in [0.3, 0.4) is 0 Å². The molecule has 1 rings (SSSR count). The summed E-state index contributed by atoms with van der Waals surface area (Å²) in [4.78, 5) is 21.7. The van der Waals surface area contributed by atoms with E-state index in [-0.39, 0.29) is 25.8 Å². The molecular weight excluding hydrogens is 316 g/mol. The van der Waals surface area contributed by atoms with Crippen molar-refractivity contribution in [2.75, 3.05) is 25.1 Å². The van der Waals surface area contributed by atoms with Crippen LogP contribution in [-0.4, -0.2) is 36.9 Å². The molecule has 6 nitrogen and oxygen atoms in total. The van der Waals surface area contributed by atoms with E-state index >= 15 is 0 Å². The third kappa shape index (κ3) is 6.21. The maximum Gasteiger partial charge on any atom is 0.329 e. The van der Waals surface area contributed by atoms with E-state index in [1.165, 1.54) is 0 Å². The van der Waals surface area contributed by atoms with Crippen LogP contribution in [-0.2, 0) is 9.53 Å². The second-order valence-electron chi connectivity index (χ2n) is 3.79. The fraction of sp³-hybridized carbons (Fsp3) is 0.333. The molecule has 7 heteroatoms. The van der Waals surface area contributed by atoms with E-state index in [0.717, 1.165) is 10.0 Å². The summed E-state index contributed by atoms with van der Waals surface area (Å²) in [6.45, 7) is 1.98. The Labute approximate surface area is 119 Å². The molecule has 0 atom stereocenters. The van der Waals surface area contributed by atoms with Crippen molar-refractivity contribution in [3.8, 4) is 0 Å². The minimum Gasteiger partial charge on any atom is -0.480 e. The molecule has 0 aliphatic carbocycles. The van der Waals surface area contributed by atoms with Gasteiger partial charge in [0.05, 0.1) is 6.61 Å². The molecule has 0 heterocycles. The number of nitrogens with one attached hydrogen (secondary N) is 2. The number of urea groups is 1. The van der Waals surface area contributed by atoms with Gasteiger partial charge in [0.2, 0.25) is 0 Å². The zero-order valence-corrected chi connectivity index (χ0v) is 12.0. The number of carboxylic acid groups (broad SMARTS) is 1. The Morgan fingerprint density at radius 2 is 2.16 bits per heavy atom. The zero-order valence-electron chi connectivity index (χ0n) is 10.4. The number of benzene rings is 1. The number of carbonyl (C=O) groups is 2. The van der Waals surface area contributed by atoms with Crippen LogP contribution >= 0.6 is 15.9 Å². The molecule has 1 aromatic carbocycles. The molecule has 1 aromatic rings. The van der Waals surface area contributed by atoms with Gasteiger partial charge >= 0.3 is 12.0 Å². The lowest BCUT2D eigenvalue weighted by Crippen LogP contribution is -2.32. The van der Waals surface area contributed by atoms with Gasteiger partial charge in [-0.1, -0.05) is 22.0 Å². The zero-order chi connectivity index (χ0) is 14.3. The molecule has 0 aliphatic heterocycles. The number of carbonyl (C=O) groups excluding carboxylic acids is 1. The van der Waals surface area contributed by atoms with Gasteiger partial charge in [-0.15, -0.1) is 0 Å². The largest absolute Gasteiger partial charge is 0.480 e. The molecule has 0 unspecified atom stereocenters. The van der Waals surface area contributed by atoms with Crippen LogP contribution < -0.4 is 10.6 Å². The molecule has 104 valence electrons. The summed E-state index contributed by atoms with van der Waals surface area (Å²) in [5, 5.41) is 13.5. The number of rotatable bonds is 6. The number of hydrogen-bond acceptors (Lipinski definition) is 3. The van der Waals surface area contributed by atoms with Gasteiger partial charge in [-0.3, -0.25) is 0 Å². The molecule has 0 spiro atoms. The average molecular weight is 331 g/mol. The molecule has 0 saturated heterocycles. The van der Waals surface area contributed by atoms with E-state index in [1.807, 2.05) is 13.0 Å². The number of anilines is 1. The summed E-state index contributed by atoms with van der Waals surface area (Å²) in [7, 11) is 0. The third-order valence-corrected chi connectivity index (χ3v) is 3.04. The van der Waals surface area contributed by atoms with Crippen molar-refractivity contribution < 1.29 is 19.4 Å². The summed E-state index contributed by atoms with van der Waals surface area (Å²) < 4.78 is 5.69. The summed E-state index contributed by atoms with van der Waals surface area (Å²) >= 11 is 3.38. The van der Waals surface area contributed by atoms with E-state index in [1.54, 1.807) is 12.1 Å². The first-order chi connectivity index (χ1) is 8.99. The summed E-state index contributed by atoms with van der Waals surface area (Å²) in [6.07, 6.45) is 0. The van der Waals surface area contributed by atoms with Gasteiger partial charge in [-0.25, -0.2) is 9.59 Å². The van der Waals surface area contributed by atoms with Gasteiger partial charge in [-0.2, -0.15) is 0 Å². The minimum absolute atomic E-state index is 0.150. The van der Waals surface area contributed by atoms with Gasteiger partial charge in [0.1, 0.15) is 6.61 Å². The Balaban J connectivity index is 2.27. The molecule has 2 amide bonds. The van der Waals surface area contributed by atoms with Crippen molar-refractivity contribution in [3.63, 3.8) is 0 Å². The molecule has 19 heavy (non-hydrogen) atoms. The van der Waals surface area contributed by atoms with E-state index in [2.05, 4.69) is 26.6 Å². The normalized spacial score (nSPS) is 10.0. The second kappa shape index (κ2) is 7.75. The highest BCUT2D eigenvalue weighted by atomic mass is 79.9. The standard InChI is InChI=1S/C12H15BrN2O4/c1-8-2-3-9(6-10(8)13)15-12(18)14-4-5-19-7-11(16)17/h2-3,6H,4-5,7H2,1H3,(H,16,17)(H2,14,15,18). The van der Waals surface area contributed by atoms with Crippen LogP contribution in [0, 0.1) is 6.92 Å². The highest BCUT2D eigenvalue weighted by Crippen LogP contribution is 2.20. The second-order valence-corrected chi connectivity index (χ2v) is 4.65. The average Bonchev–Trinajstić information content (AvgIpc) is 2.33. The lowest BCUT2D eigenvalue weighted by molar-refractivity contribution is -0.142. The lowest BCUT2D eigenvalue weighted by Gasteiger charge is -2.08. The van der Waals surface area contributed by atoms with E-state index < -0.39 is 5.97 Å². The predicted octanol–water partition coefficient (Wildman–Crippen LogP) is 1.98. The SMILES string of the molecule is Cc1ccc(NC(=O)NCCOCC(=O)O)cc1Br. The van der Waals surface area contributed by atoms with Crippen LogP contribution in [0.1, 0.15) is 5.56 Å². The number of amides is 2. The Morgan fingerprint density at radius 3 is 2.79 bits per heavy atom. The van der Waals surface area contributed by atoms with Gasteiger partial charge in [0.15, 0.2) is 0 Å². The number of aryl methyl sites for hydroxylation is 1. The number of ether oxygens (including phenoxy) is 1. The van der Waals surface area contributed by atoms with Gasteiger partial charge in [-0.05, 0) is 24.6 Å². The van der Waals surface area contributed by atoms with Gasteiger partial charge in [0, 0.05) is 16.7 Å². The third-order valence-electron chi connectivity index (χ3n) is 2.19. The van der Waals surface area contributed by atoms with Crippen LogP contribution in [0.25, 0.3) is 0 Å². The number of hydrogen-bond donors (Lipinski definition) is 3. The van der Waals surface area contributed by atoms with Crippen LogP contribution in [0.5, 0.6) is 0 Å². The van der Waals surface area contributed by atoms with Crippen molar-refractivity contribution in [2.24, 2.45) is 0 Å². The molecule has 0 aromatic heterocycles. The minimum atomic E-state index is -1.03. The Kier molecular flexibility index (Phi) is 6.31. The molecule has 0 fully saturated rings. The number of carboxylic acids is 1. The van der Waals surface area contributed by atoms with Crippen molar-refractivity contribution in [2.45, 2.75) is 6.92 Å². The van der Waals surface area contributed by atoms with Crippen molar-refractivity contribution >= 4 is 33.6 Å². The monoisotopic (exact) mass is 330 g/mol. The molecule has 0 radical (unpaired) electrons. The summed E-state index contributed by atoms with van der Waals surface area (Å²) in [5.41, 5.74) is 1.74. The summed E-state index contributed by atoms with van der Waals surface area (Å²) in [6, 6.07) is 5.11. The topological polar surface area (TPSA) is 87.7 Å². The first-order valence-electron chi connectivity index (χ1n) is 5.59. The fourth-order valence-electron chi connectivity index (χ4n) is 1.24. The maximum atomic E-state index is 11.5. The van der Waals surface area contributed by atoms with Gasteiger partial charge < -0.3 is 20.5 Å². The Bertz CT molecular complexity index is 465. The Morgan fingerprint density at radius 1 is 1.42 bits per heavy atom. The van der Waals surface area contributed by atoms with E-state index in [0.29, 0.717) is 5.69 Å². The van der Waals surface area contributed by atoms with Crippen molar-refractivity contribution in [1.29, 1.82) is 0 Å². The maximum absolute atomic E-state index is 11.5. The first kappa shape index (κ1) is 15.5. The van der Waals surface area contributed by atoms with Crippen molar-refractivity contribution in [1.82, 2.24) is 5.32 Å². The first-order valence-corrected chi connectivity index (χ1v) is 6.39. The Hall–Kier alpha value is -1.60. The molecule has 0 bridgehead atoms. The van der Waals surface area contributed by atoms with Gasteiger partial charge in [0.25, 0.3) is 0 Å². The molecule has 3 N–H and O–H groups in total. The summed E-state index contributed by atoms with van der Waals surface area (Å²) in [5.74, 6) is -1.03. The number of halogens is 1. The predicted molar refractivity (Wildman–Crippen MR) is 74.4 cm³/mol. The molecule has 0 saturated carbocycles. The fourth-order valence-corrected chi connectivity index (χ4v) is 1.62. The van der Waals surface area contributed by atoms with Crippen LogP contribution in [0.2, 0.25) is 0 Å². The van der Waals surface area contributed by atoms with Crippen LogP contribution in [0.15, 0.2) is 22.7 Å². The van der Waals surface area contributed by atoms with E-state index in [4.69, 9.17) is 9.84 Å². The highest BCUT2D eigenvalue weighted by molar-refractivity contribution is 9.10. The highest BCUT2D eigenvalue weighted by Gasteiger charge is 2.03. The number of aliphatic carboxylic acids is 1. The van der Waals surface area contributed by atoms with Crippen LogP contribution in [0.4, 0.5) is 10.5 Å². The smallest absolute Gasteiger partial charge is 0.329 e. The molecule has 0 aliphatic rings. The van der Waals surface area contributed by atoms with E-state index in [9.17, 15) is 9.59 Å².